The van der Waals surface area contributed by atoms with Crippen LogP contribution in [-0.2, 0) is 5.60 Å². The summed E-state index contributed by atoms with van der Waals surface area (Å²) in [5.41, 5.74) is 4.84. The van der Waals surface area contributed by atoms with Crippen molar-refractivity contribution in [1.29, 1.82) is 0 Å². The maximum atomic E-state index is 13.7. The number of nitrogens with one attached hydrogen (secondary N) is 1. The van der Waals surface area contributed by atoms with E-state index in [-0.39, 0.29) is 18.1 Å². The molecule has 0 radical (unpaired) electrons. The Hall–Kier alpha value is -2.47. The largest absolute Gasteiger partial charge is 0.383 e. The molecule has 116 valence electrons. The molecule has 0 bridgehead atoms. The molecule has 0 spiro atoms. The standard InChI is InChI=1S/C16H17F2N3O/c1-16(22,13-8-7-11(17)9-14(13)18)10-20-15(19)21-12-5-3-2-4-6-12/h2-9,22H,10H2,1H3,(H3,19,20,21). The lowest BCUT2D eigenvalue weighted by atomic mass is 9.95. The zero-order valence-electron chi connectivity index (χ0n) is 12.1. The van der Waals surface area contributed by atoms with Crippen LogP contribution in [0.1, 0.15) is 12.5 Å². The zero-order chi connectivity index (χ0) is 16.2. The summed E-state index contributed by atoms with van der Waals surface area (Å²) >= 11 is 0. The number of aliphatic imine (C=N–C) groups is 1. The average molecular weight is 305 g/mol. The summed E-state index contributed by atoms with van der Waals surface area (Å²) in [6.07, 6.45) is 0. The lowest BCUT2D eigenvalue weighted by Gasteiger charge is -2.22. The van der Waals surface area contributed by atoms with Crippen LogP contribution in [-0.4, -0.2) is 17.6 Å². The Balaban J connectivity index is 2.09. The van der Waals surface area contributed by atoms with E-state index in [4.69, 9.17) is 5.73 Å². The zero-order valence-corrected chi connectivity index (χ0v) is 12.1. The number of benzene rings is 2. The summed E-state index contributed by atoms with van der Waals surface area (Å²) in [4.78, 5) is 4.00. The van der Waals surface area contributed by atoms with Gasteiger partial charge in [-0.1, -0.05) is 24.3 Å². The van der Waals surface area contributed by atoms with Crippen LogP contribution in [0.25, 0.3) is 0 Å². The third-order valence-corrected chi connectivity index (χ3v) is 3.11. The summed E-state index contributed by atoms with van der Waals surface area (Å²) in [6.45, 7) is 1.23. The number of halogens is 2. The number of hydrogen-bond acceptors (Lipinski definition) is 2. The molecule has 4 N–H and O–H groups in total. The van der Waals surface area contributed by atoms with Crippen LogP contribution in [0.2, 0.25) is 0 Å². The lowest BCUT2D eigenvalue weighted by molar-refractivity contribution is 0.0634. The van der Waals surface area contributed by atoms with E-state index in [0.29, 0.717) is 0 Å². The number of guanidine groups is 1. The molecule has 0 saturated carbocycles. The first-order valence-corrected chi connectivity index (χ1v) is 6.68. The molecule has 0 heterocycles. The van der Waals surface area contributed by atoms with Crippen molar-refractivity contribution in [2.24, 2.45) is 10.7 Å². The van der Waals surface area contributed by atoms with Gasteiger partial charge < -0.3 is 16.2 Å². The van der Waals surface area contributed by atoms with Gasteiger partial charge >= 0.3 is 0 Å². The van der Waals surface area contributed by atoms with E-state index in [1.54, 1.807) is 12.1 Å². The van der Waals surface area contributed by atoms with Gasteiger partial charge in [-0.15, -0.1) is 0 Å². The average Bonchev–Trinajstić information content (AvgIpc) is 2.46. The molecule has 1 unspecified atom stereocenters. The van der Waals surface area contributed by atoms with Gasteiger partial charge in [-0.25, -0.2) is 13.8 Å². The van der Waals surface area contributed by atoms with Crippen molar-refractivity contribution >= 4 is 11.6 Å². The van der Waals surface area contributed by atoms with E-state index in [2.05, 4.69) is 10.3 Å². The fourth-order valence-electron chi connectivity index (χ4n) is 1.96. The van der Waals surface area contributed by atoms with Crippen LogP contribution in [0.5, 0.6) is 0 Å². The molecule has 0 fully saturated rings. The SMILES string of the molecule is CC(O)(CN=C(N)Nc1ccccc1)c1ccc(F)cc1F. The summed E-state index contributed by atoms with van der Waals surface area (Å²) < 4.78 is 26.6. The molecule has 6 heteroatoms. The fourth-order valence-corrected chi connectivity index (χ4v) is 1.96. The minimum Gasteiger partial charge on any atom is -0.383 e. The van der Waals surface area contributed by atoms with E-state index in [0.717, 1.165) is 17.8 Å². The van der Waals surface area contributed by atoms with Crippen molar-refractivity contribution in [2.45, 2.75) is 12.5 Å². The molecule has 2 rings (SSSR count). The molecule has 0 aliphatic carbocycles. The van der Waals surface area contributed by atoms with Gasteiger partial charge in [0.2, 0.25) is 0 Å². The van der Waals surface area contributed by atoms with Crippen molar-refractivity contribution in [3.8, 4) is 0 Å². The number of nitrogens with two attached hydrogens (primary N) is 1. The quantitative estimate of drug-likeness (QED) is 0.600. The van der Waals surface area contributed by atoms with Crippen molar-refractivity contribution < 1.29 is 13.9 Å². The lowest BCUT2D eigenvalue weighted by Crippen LogP contribution is -2.30. The smallest absolute Gasteiger partial charge is 0.193 e. The van der Waals surface area contributed by atoms with Crippen LogP contribution < -0.4 is 11.1 Å². The van der Waals surface area contributed by atoms with Crippen molar-refractivity contribution in [3.05, 3.63) is 65.7 Å². The maximum Gasteiger partial charge on any atom is 0.193 e. The minimum absolute atomic E-state index is 0.0369. The summed E-state index contributed by atoms with van der Waals surface area (Å²) in [7, 11) is 0. The predicted octanol–water partition coefficient (Wildman–Crippen LogP) is 2.60. The first-order valence-electron chi connectivity index (χ1n) is 6.68. The maximum absolute atomic E-state index is 13.7. The monoisotopic (exact) mass is 305 g/mol. The van der Waals surface area contributed by atoms with Crippen molar-refractivity contribution in [3.63, 3.8) is 0 Å². The number of nitrogens with zero attached hydrogens (tertiary/aromatic N) is 1. The molecule has 2 aromatic rings. The molecule has 2 aromatic carbocycles. The van der Waals surface area contributed by atoms with Crippen LogP contribution >= 0.6 is 0 Å². The van der Waals surface area contributed by atoms with E-state index < -0.39 is 17.2 Å². The van der Waals surface area contributed by atoms with Gasteiger partial charge in [0.25, 0.3) is 0 Å². The van der Waals surface area contributed by atoms with Crippen LogP contribution in [0.4, 0.5) is 14.5 Å². The van der Waals surface area contributed by atoms with Gasteiger partial charge in [0.15, 0.2) is 5.96 Å². The van der Waals surface area contributed by atoms with E-state index in [1.165, 1.54) is 13.0 Å². The number of para-hydroxylation sites is 1. The van der Waals surface area contributed by atoms with Gasteiger partial charge in [0, 0.05) is 17.3 Å². The molecule has 0 saturated heterocycles. The van der Waals surface area contributed by atoms with Crippen molar-refractivity contribution in [1.82, 2.24) is 0 Å². The molecule has 0 aromatic heterocycles. The van der Waals surface area contributed by atoms with Gasteiger partial charge in [-0.2, -0.15) is 0 Å². The molecular formula is C16H17F2N3O. The first-order chi connectivity index (χ1) is 10.4. The Bertz CT molecular complexity index is 672. The summed E-state index contributed by atoms with van der Waals surface area (Å²) in [6, 6.07) is 12.1. The third kappa shape index (κ3) is 4.02. The van der Waals surface area contributed by atoms with E-state index >= 15 is 0 Å². The summed E-state index contributed by atoms with van der Waals surface area (Å²) in [5, 5.41) is 13.2. The van der Waals surface area contributed by atoms with E-state index in [9.17, 15) is 13.9 Å². The second-order valence-corrected chi connectivity index (χ2v) is 5.09. The highest BCUT2D eigenvalue weighted by Gasteiger charge is 2.26. The number of anilines is 1. The second kappa shape index (κ2) is 6.53. The molecule has 0 amide bonds. The predicted molar refractivity (Wildman–Crippen MR) is 82.5 cm³/mol. The Labute approximate surface area is 127 Å². The van der Waals surface area contributed by atoms with E-state index in [1.807, 2.05) is 18.2 Å². The van der Waals surface area contributed by atoms with Gasteiger partial charge in [-0.05, 0) is 25.1 Å². The normalized spacial score (nSPS) is 14.5. The van der Waals surface area contributed by atoms with Gasteiger partial charge in [-0.3, -0.25) is 0 Å². The number of rotatable bonds is 4. The molecule has 4 nitrogen and oxygen atoms in total. The Morgan fingerprint density at radius 1 is 1.23 bits per heavy atom. The van der Waals surface area contributed by atoms with Gasteiger partial charge in [0.05, 0.1) is 6.54 Å². The fraction of sp³-hybridized carbons (Fsp3) is 0.188. The molecule has 0 aliphatic rings. The molecule has 0 aliphatic heterocycles. The first kappa shape index (κ1) is 15.9. The molecule has 1 atom stereocenters. The highest BCUT2D eigenvalue weighted by Crippen LogP contribution is 2.24. The van der Waals surface area contributed by atoms with Crippen molar-refractivity contribution in [2.75, 3.05) is 11.9 Å². The highest BCUT2D eigenvalue weighted by atomic mass is 19.1. The Morgan fingerprint density at radius 3 is 2.55 bits per heavy atom. The third-order valence-electron chi connectivity index (χ3n) is 3.11. The Kier molecular flexibility index (Phi) is 4.72. The molecular weight excluding hydrogens is 288 g/mol. The second-order valence-electron chi connectivity index (χ2n) is 5.09. The molecule has 22 heavy (non-hydrogen) atoms. The summed E-state index contributed by atoms with van der Waals surface area (Å²) in [5.74, 6) is -1.44. The van der Waals surface area contributed by atoms with Gasteiger partial charge in [0.1, 0.15) is 17.2 Å². The highest BCUT2D eigenvalue weighted by molar-refractivity contribution is 5.92. The van der Waals surface area contributed by atoms with Crippen LogP contribution in [0.15, 0.2) is 53.5 Å². The van der Waals surface area contributed by atoms with Crippen LogP contribution in [0, 0.1) is 11.6 Å². The minimum atomic E-state index is -1.60. The van der Waals surface area contributed by atoms with Crippen LogP contribution in [0.3, 0.4) is 0 Å². The number of aliphatic hydroxyl groups is 1. The Morgan fingerprint density at radius 2 is 1.91 bits per heavy atom. The number of hydrogen-bond donors (Lipinski definition) is 3. The topological polar surface area (TPSA) is 70.6 Å².